The second-order valence-corrected chi connectivity index (χ2v) is 8.51. The molecule has 0 N–H and O–H groups in total. The zero-order valence-corrected chi connectivity index (χ0v) is 11.1. The molecule has 0 amide bonds. The predicted octanol–water partition coefficient (Wildman–Crippen LogP) is 2.10. The monoisotopic (exact) mass is 260 g/mol. The third kappa shape index (κ3) is 3.23. The van der Waals surface area contributed by atoms with Crippen molar-refractivity contribution in [3.63, 3.8) is 0 Å². The molecule has 5 heteroatoms. The Morgan fingerprint density at radius 1 is 1.25 bits per heavy atom. The lowest BCUT2D eigenvalue weighted by Crippen LogP contribution is -2.13. The van der Waals surface area contributed by atoms with Crippen molar-refractivity contribution in [3.8, 4) is 0 Å². The fraction of sp³-hybridized carbons (Fsp3) is 0.455. The van der Waals surface area contributed by atoms with Gasteiger partial charge in [-0.1, -0.05) is 25.5 Å². The summed E-state index contributed by atoms with van der Waals surface area (Å²) in [5, 5.41) is 0. The van der Waals surface area contributed by atoms with Crippen molar-refractivity contribution in [1.29, 1.82) is 0 Å². The van der Waals surface area contributed by atoms with Crippen molar-refractivity contribution in [3.05, 3.63) is 29.8 Å². The quantitative estimate of drug-likeness (QED) is 0.601. The lowest BCUT2D eigenvalue weighted by atomic mass is 10.1. The molecule has 0 heterocycles. The first-order valence-corrected chi connectivity index (χ1v) is 8.72. The van der Waals surface area contributed by atoms with E-state index in [2.05, 4.69) is 6.92 Å². The Morgan fingerprint density at radius 2 is 1.81 bits per heavy atom. The van der Waals surface area contributed by atoms with E-state index in [1.165, 1.54) is 18.4 Å². The Hall–Kier alpha value is -0.520. The van der Waals surface area contributed by atoms with Crippen LogP contribution < -0.4 is 0 Å². The SMILES string of the molecule is CCCCc1ccc(S(=O)(=O)[S+](C)[O-])cc1. The molecule has 1 aromatic rings. The van der Waals surface area contributed by atoms with Gasteiger partial charge in [-0.15, -0.1) is 0 Å². The normalized spacial score (nSPS) is 13.7. The van der Waals surface area contributed by atoms with E-state index >= 15 is 0 Å². The summed E-state index contributed by atoms with van der Waals surface area (Å²) >= 11 is 0. The van der Waals surface area contributed by atoms with Gasteiger partial charge in [-0.3, -0.25) is 0 Å². The highest BCUT2D eigenvalue weighted by Gasteiger charge is 2.24. The topological polar surface area (TPSA) is 57.2 Å². The summed E-state index contributed by atoms with van der Waals surface area (Å²) in [5.74, 6) is 0. The maximum Gasteiger partial charge on any atom is 0.342 e. The zero-order valence-electron chi connectivity index (χ0n) is 9.47. The van der Waals surface area contributed by atoms with Crippen molar-refractivity contribution < 1.29 is 13.0 Å². The van der Waals surface area contributed by atoms with Gasteiger partial charge >= 0.3 is 8.87 Å². The molecule has 3 nitrogen and oxygen atoms in total. The molecule has 0 saturated heterocycles. The van der Waals surface area contributed by atoms with Crippen LogP contribution in [0.15, 0.2) is 29.2 Å². The molecule has 1 atom stereocenters. The zero-order chi connectivity index (χ0) is 12.2. The van der Waals surface area contributed by atoms with Crippen LogP contribution >= 0.6 is 0 Å². The summed E-state index contributed by atoms with van der Waals surface area (Å²) in [6.45, 7) is 2.11. The van der Waals surface area contributed by atoms with Crippen LogP contribution in [0.3, 0.4) is 0 Å². The molecule has 0 aromatic heterocycles. The first kappa shape index (κ1) is 13.5. The lowest BCUT2D eigenvalue weighted by molar-refractivity contribution is 0.585. The van der Waals surface area contributed by atoms with Gasteiger partial charge in [-0.25, -0.2) is 0 Å². The molecule has 1 rings (SSSR count). The average Bonchev–Trinajstić information content (AvgIpc) is 2.26. The smallest absolute Gasteiger partial charge is 0.342 e. The van der Waals surface area contributed by atoms with E-state index in [1.807, 2.05) is 0 Å². The van der Waals surface area contributed by atoms with Crippen molar-refractivity contribution in [1.82, 2.24) is 0 Å². The molecule has 0 spiro atoms. The minimum Gasteiger partial charge on any atom is -0.601 e. The molecular weight excluding hydrogens is 244 g/mol. The minimum absolute atomic E-state index is 0.133. The Morgan fingerprint density at radius 3 is 2.25 bits per heavy atom. The molecule has 1 unspecified atom stereocenters. The van der Waals surface area contributed by atoms with Gasteiger partial charge in [-0.05, 0) is 30.5 Å². The Labute approximate surface area is 99.4 Å². The number of hydrogen-bond acceptors (Lipinski definition) is 3. The van der Waals surface area contributed by atoms with E-state index in [0.717, 1.165) is 24.8 Å². The molecule has 16 heavy (non-hydrogen) atoms. The van der Waals surface area contributed by atoms with Crippen LogP contribution in [0.25, 0.3) is 0 Å². The predicted molar refractivity (Wildman–Crippen MR) is 66.3 cm³/mol. The summed E-state index contributed by atoms with van der Waals surface area (Å²) in [6.07, 6.45) is 4.33. The second kappa shape index (κ2) is 5.70. The largest absolute Gasteiger partial charge is 0.601 e. The number of unbranched alkanes of at least 4 members (excludes halogenated alkanes) is 1. The molecular formula is C11H16O3S2. The fourth-order valence-electron chi connectivity index (χ4n) is 1.34. The molecule has 0 saturated carbocycles. The fourth-order valence-corrected chi connectivity index (χ4v) is 3.23. The highest BCUT2D eigenvalue weighted by molar-refractivity contribution is 8.66. The van der Waals surface area contributed by atoms with E-state index in [0.29, 0.717) is 0 Å². The van der Waals surface area contributed by atoms with Crippen LogP contribution in [-0.2, 0) is 25.5 Å². The highest BCUT2D eigenvalue weighted by atomic mass is 33.2. The van der Waals surface area contributed by atoms with Crippen molar-refractivity contribution in [2.24, 2.45) is 0 Å². The van der Waals surface area contributed by atoms with Crippen molar-refractivity contribution in [2.75, 3.05) is 6.26 Å². The Bertz CT molecular complexity index is 421. The third-order valence-electron chi connectivity index (χ3n) is 2.34. The lowest BCUT2D eigenvalue weighted by Gasteiger charge is -2.06. The van der Waals surface area contributed by atoms with Gasteiger partial charge in [-0.2, -0.15) is 8.42 Å². The summed E-state index contributed by atoms with van der Waals surface area (Å²) in [7, 11) is -5.51. The molecule has 0 aliphatic heterocycles. The van der Waals surface area contributed by atoms with Gasteiger partial charge < -0.3 is 4.55 Å². The number of aryl methyl sites for hydroxylation is 1. The van der Waals surface area contributed by atoms with Crippen LogP contribution in [0.1, 0.15) is 25.3 Å². The van der Waals surface area contributed by atoms with Crippen molar-refractivity contribution in [2.45, 2.75) is 31.1 Å². The van der Waals surface area contributed by atoms with E-state index < -0.39 is 19.1 Å². The Balaban J connectivity index is 2.87. The summed E-state index contributed by atoms with van der Waals surface area (Å²) in [4.78, 5) is 0.133. The number of rotatable bonds is 5. The molecule has 90 valence electrons. The highest BCUT2D eigenvalue weighted by Crippen LogP contribution is 2.17. The first-order chi connectivity index (χ1) is 7.48. The third-order valence-corrected chi connectivity index (χ3v) is 6.24. The van der Waals surface area contributed by atoms with Gasteiger partial charge in [0.1, 0.15) is 11.2 Å². The van der Waals surface area contributed by atoms with Crippen molar-refractivity contribution >= 4 is 19.1 Å². The molecule has 0 aliphatic carbocycles. The summed E-state index contributed by atoms with van der Waals surface area (Å²) in [6, 6.07) is 6.63. The van der Waals surface area contributed by atoms with Gasteiger partial charge in [0.2, 0.25) is 0 Å². The van der Waals surface area contributed by atoms with Gasteiger partial charge in [0.05, 0.1) is 10.2 Å². The summed E-state index contributed by atoms with van der Waals surface area (Å²) < 4.78 is 34.2. The van der Waals surface area contributed by atoms with Gasteiger partial charge in [0.25, 0.3) is 0 Å². The van der Waals surface area contributed by atoms with Gasteiger partial charge in [0.15, 0.2) is 0 Å². The van der Waals surface area contributed by atoms with Crippen LogP contribution in [0.5, 0.6) is 0 Å². The van der Waals surface area contributed by atoms with E-state index in [1.54, 1.807) is 12.1 Å². The van der Waals surface area contributed by atoms with Crippen LogP contribution in [-0.4, -0.2) is 19.2 Å². The minimum atomic E-state index is -3.64. The Kier molecular flexibility index (Phi) is 4.83. The van der Waals surface area contributed by atoms with E-state index in [4.69, 9.17) is 0 Å². The van der Waals surface area contributed by atoms with Crippen LogP contribution in [0.2, 0.25) is 0 Å². The number of hydrogen-bond donors (Lipinski definition) is 0. The van der Waals surface area contributed by atoms with Crippen LogP contribution in [0.4, 0.5) is 0 Å². The summed E-state index contributed by atoms with van der Waals surface area (Å²) in [5.41, 5.74) is 1.11. The molecule has 0 radical (unpaired) electrons. The van der Waals surface area contributed by atoms with Gasteiger partial charge in [0, 0.05) is 0 Å². The number of benzene rings is 1. The second-order valence-electron chi connectivity index (χ2n) is 3.60. The van der Waals surface area contributed by atoms with E-state index in [-0.39, 0.29) is 4.90 Å². The maximum atomic E-state index is 11.6. The molecule has 1 aromatic carbocycles. The van der Waals surface area contributed by atoms with Crippen LogP contribution in [0, 0.1) is 0 Å². The molecule has 0 bridgehead atoms. The first-order valence-electron chi connectivity index (χ1n) is 5.16. The molecule has 0 fully saturated rings. The standard InChI is InChI=1S/C11H16O3S2/c1-3-4-5-10-6-8-11(9-7-10)16(13,14)15(2)12/h6-9H,3-5H2,1-2H3. The average molecular weight is 260 g/mol. The van der Waals surface area contributed by atoms with E-state index in [9.17, 15) is 13.0 Å². The molecule has 0 aliphatic rings. The maximum absolute atomic E-state index is 11.6.